The van der Waals surface area contributed by atoms with E-state index in [0.29, 0.717) is 11.6 Å². The van der Waals surface area contributed by atoms with Gasteiger partial charge in [0.2, 0.25) is 0 Å². The molecule has 0 atom stereocenters. The molecule has 0 amide bonds. The lowest BCUT2D eigenvalue weighted by Crippen LogP contribution is -2.15. The molecule has 0 aliphatic carbocycles. The molecule has 4 heteroatoms. The van der Waals surface area contributed by atoms with Gasteiger partial charge in [0.1, 0.15) is 5.75 Å². The van der Waals surface area contributed by atoms with Crippen LogP contribution in [0.1, 0.15) is 49.5 Å². The Bertz CT molecular complexity index is 631. The lowest BCUT2D eigenvalue weighted by atomic mass is 9.81. The molecular weight excluding hydrogens is 282 g/mol. The van der Waals surface area contributed by atoms with Crippen LogP contribution in [0.4, 0.5) is 0 Å². The monoisotopic (exact) mass is 303 g/mol. The fourth-order valence-electron chi connectivity index (χ4n) is 2.10. The molecule has 0 spiro atoms. The zero-order valence-electron chi connectivity index (χ0n) is 13.0. The van der Waals surface area contributed by atoms with Gasteiger partial charge in [-0.3, -0.25) is 4.79 Å². The Morgan fingerprint density at radius 3 is 2.67 bits per heavy atom. The average molecular weight is 303 g/mol. The van der Waals surface area contributed by atoms with Gasteiger partial charge < -0.3 is 4.74 Å². The van der Waals surface area contributed by atoms with E-state index >= 15 is 0 Å². The van der Waals surface area contributed by atoms with Crippen LogP contribution in [0.25, 0.3) is 11.3 Å². The molecule has 0 saturated heterocycles. The Balaban J connectivity index is 2.53. The van der Waals surface area contributed by atoms with E-state index in [1.165, 1.54) is 16.9 Å². The van der Waals surface area contributed by atoms with E-state index in [2.05, 4.69) is 37.9 Å². The second-order valence-corrected chi connectivity index (χ2v) is 6.46. The number of hydrogen-bond donors (Lipinski definition) is 0. The number of carbonyl (C=O) groups excluding carboxylic acids is 1. The fourth-order valence-corrected chi connectivity index (χ4v) is 2.72. The third kappa shape index (κ3) is 3.32. The van der Waals surface area contributed by atoms with Gasteiger partial charge in [0.25, 0.3) is 0 Å². The second-order valence-electron chi connectivity index (χ2n) is 5.57. The molecule has 0 unspecified atom stereocenters. The summed E-state index contributed by atoms with van der Waals surface area (Å²) in [4.78, 5) is 15.2. The Kier molecular flexibility index (Phi) is 4.78. The number of ether oxygens (including phenoxy) is 1. The maximum atomic E-state index is 10.9. The van der Waals surface area contributed by atoms with Crippen LogP contribution in [0.3, 0.4) is 0 Å². The zero-order chi connectivity index (χ0) is 15.5. The minimum atomic E-state index is 0.100. The Morgan fingerprint density at radius 2 is 2.10 bits per heavy atom. The number of rotatable bonds is 6. The molecule has 0 radical (unpaired) electrons. The summed E-state index contributed by atoms with van der Waals surface area (Å²) in [6, 6.07) is 6.26. The molecule has 3 nitrogen and oxygen atoms in total. The normalized spacial score (nSPS) is 11.4. The summed E-state index contributed by atoms with van der Waals surface area (Å²) in [6.07, 6.45) is 1.84. The van der Waals surface area contributed by atoms with E-state index in [9.17, 15) is 4.79 Å². The summed E-state index contributed by atoms with van der Waals surface area (Å²) in [5.74, 6) is 0.816. The first-order chi connectivity index (χ1) is 10.0. The smallest absolute Gasteiger partial charge is 0.178 e. The number of nitrogens with zero attached hydrogens (tertiary/aromatic N) is 1. The first-order valence-corrected chi connectivity index (χ1v) is 8.08. The van der Waals surface area contributed by atoms with Gasteiger partial charge in [0, 0.05) is 10.9 Å². The van der Waals surface area contributed by atoms with Gasteiger partial charge in [-0.25, -0.2) is 4.98 Å². The molecular formula is C17H21NO2S. The number of hydrogen-bond acceptors (Lipinski definition) is 4. The molecule has 0 bridgehead atoms. The molecule has 0 N–H and O–H groups in total. The van der Waals surface area contributed by atoms with Crippen LogP contribution >= 0.6 is 11.3 Å². The molecule has 1 aromatic heterocycles. The first kappa shape index (κ1) is 15.7. The van der Waals surface area contributed by atoms with Gasteiger partial charge in [-0.2, -0.15) is 0 Å². The van der Waals surface area contributed by atoms with Gasteiger partial charge in [-0.1, -0.05) is 26.8 Å². The van der Waals surface area contributed by atoms with Crippen molar-refractivity contribution in [3.63, 3.8) is 0 Å². The van der Waals surface area contributed by atoms with Crippen molar-refractivity contribution in [2.75, 3.05) is 6.61 Å². The fraction of sp³-hybridized carbons (Fsp3) is 0.412. The molecule has 0 aliphatic rings. The van der Waals surface area contributed by atoms with Crippen LogP contribution in [0, 0.1) is 0 Å². The minimum absolute atomic E-state index is 0.100. The van der Waals surface area contributed by atoms with Crippen LogP contribution in [0.15, 0.2) is 23.6 Å². The van der Waals surface area contributed by atoms with Gasteiger partial charge in [-0.05, 0) is 36.5 Å². The lowest BCUT2D eigenvalue weighted by Gasteiger charge is -2.24. The maximum absolute atomic E-state index is 10.9. The van der Waals surface area contributed by atoms with Crippen molar-refractivity contribution in [2.24, 2.45) is 0 Å². The number of aromatic nitrogens is 1. The molecule has 0 fully saturated rings. The molecule has 112 valence electrons. The van der Waals surface area contributed by atoms with E-state index in [1.54, 1.807) is 0 Å². The highest BCUT2D eigenvalue weighted by atomic mass is 32.1. The van der Waals surface area contributed by atoms with E-state index in [0.717, 1.165) is 29.7 Å². The lowest BCUT2D eigenvalue weighted by molar-refractivity contribution is 0.112. The summed E-state index contributed by atoms with van der Waals surface area (Å²) in [5, 5.41) is 2.40. The van der Waals surface area contributed by atoms with Gasteiger partial charge in [-0.15, -0.1) is 11.3 Å². The van der Waals surface area contributed by atoms with Crippen molar-refractivity contribution in [2.45, 2.75) is 39.5 Å². The third-order valence-corrected chi connectivity index (χ3v) is 4.61. The van der Waals surface area contributed by atoms with Crippen molar-refractivity contribution < 1.29 is 9.53 Å². The minimum Gasteiger partial charge on any atom is -0.493 e. The first-order valence-electron chi connectivity index (χ1n) is 7.20. The number of benzene rings is 1. The predicted octanol–water partition coefficient (Wildman–Crippen LogP) is 4.71. The van der Waals surface area contributed by atoms with Gasteiger partial charge in [0.05, 0.1) is 12.3 Å². The molecule has 21 heavy (non-hydrogen) atoms. The van der Waals surface area contributed by atoms with E-state index < -0.39 is 0 Å². The molecule has 0 saturated carbocycles. The summed E-state index contributed by atoms with van der Waals surface area (Å²) < 4.78 is 5.71. The second kappa shape index (κ2) is 6.39. The van der Waals surface area contributed by atoms with Crippen molar-refractivity contribution in [3.05, 3.63) is 34.2 Å². The average Bonchev–Trinajstić information content (AvgIpc) is 2.96. The van der Waals surface area contributed by atoms with Crippen LogP contribution in [0.2, 0.25) is 0 Å². The summed E-state index contributed by atoms with van der Waals surface area (Å²) in [6.45, 7) is 9.21. The van der Waals surface area contributed by atoms with E-state index in [4.69, 9.17) is 4.74 Å². The highest BCUT2D eigenvalue weighted by Crippen LogP contribution is 2.36. The van der Waals surface area contributed by atoms with E-state index in [-0.39, 0.29) is 5.41 Å². The van der Waals surface area contributed by atoms with Gasteiger partial charge in [0.15, 0.2) is 11.3 Å². The molecule has 1 heterocycles. The summed E-state index contributed by atoms with van der Waals surface area (Å²) >= 11 is 1.36. The summed E-state index contributed by atoms with van der Waals surface area (Å²) in [5.41, 5.74) is 3.12. The molecule has 2 rings (SSSR count). The van der Waals surface area contributed by atoms with Crippen LogP contribution in [-0.2, 0) is 5.41 Å². The van der Waals surface area contributed by atoms with Crippen LogP contribution in [-0.4, -0.2) is 17.9 Å². The Morgan fingerprint density at radius 1 is 1.33 bits per heavy atom. The van der Waals surface area contributed by atoms with Crippen LogP contribution in [0.5, 0.6) is 5.75 Å². The highest BCUT2D eigenvalue weighted by Gasteiger charge is 2.21. The Labute approximate surface area is 130 Å². The number of aldehydes is 1. The maximum Gasteiger partial charge on any atom is 0.178 e. The van der Waals surface area contributed by atoms with Crippen molar-refractivity contribution in [3.8, 4) is 17.0 Å². The molecule has 0 aliphatic heterocycles. The van der Waals surface area contributed by atoms with Crippen molar-refractivity contribution in [1.82, 2.24) is 4.98 Å². The van der Waals surface area contributed by atoms with Crippen molar-refractivity contribution in [1.29, 1.82) is 0 Å². The van der Waals surface area contributed by atoms with Crippen molar-refractivity contribution >= 4 is 17.6 Å². The van der Waals surface area contributed by atoms with E-state index in [1.807, 2.05) is 18.4 Å². The summed E-state index contributed by atoms with van der Waals surface area (Å²) in [7, 11) is 0. The molecule has 1 aromatic carbocycles. The highest BCUT2D eigenvalue weighted by molar-refractivity contribution is 7.11. The zero-order valence-corrected chi connectivity index (χ0v) is 13.8. The molecule has 2 aromatic rings. The largest absolute Gasteiger partial charge is 0.493 e. The van der Waals surface area contributed by atoms with Crippen LogP contribution < -0.4 is 4.74 Å². The quantitative estimate of drug-likeness (QED) is 0.725. The predicted molar refractivity (Wildman–Crippen MR) is 87.4 cm³/mol. The Hall–Kier alpha value is -1.68. The number of carbonyl (C=O) groups is 1. The number of thiazole rings is 1. The SMILES string of the molecule is CCOc1ccc(C(C)(C)CC)cc1-c1csc(C=O)n1. The third-order valence-electron chi connectivity index (χ3n) is 3.84. The standard InChI is InChI=1S/C17H21NO2S/c1-5-17(3,4)12-7-8-15(20-6-2)13(9-12)14-11-21-16(10-19)18-14/h7-11H,5-6H2,1-4H3. The van der Waals surface area contributed by atoms with Gasteiger partial charge >= 0.3 is 0 Å². The topological polar surface area (TPSA) is 39.2 Å².